The highest BCUT2D eigenvalue weighted by Gasteiger charge is 2.19. The smallest absolute Gasteiger partial charge is 0.306 e. The second-order valence-electron chi connectivity index (χ2n) is 22.4. The first-order valence-corrected chi connectivity index (χ1v) is 33.7. The summed E-state index contributed by atoms with van der Waals surface area (Å²) in [7, 11) is 0. The Balaban J connectivity index is 4.34. The average Bonchev–Trinajstić information content (AvgIpc) is 3.45. The van der Waals surface area contributed by atoms with E-state index in [1.54, 1.807) is 0 Å². The summed E-state index contributed by atoms with van der Waals surface area (Å²) < 4.78 is 16.9. The molecule has 1 atom stereocenters. The first-order valence-electron chi connectivity index (χ1n) is 33.7. The molecule has 0 aromatic heterocycles. The van der Waals surface area contributed by atoms with Crippen LogP contribution in [0.25, 0.3) is 0 Å². The van der Waals surface area contributed by atoms with Crippen LogP contribution in [0.15, 0.2) is 97.2 Å². The standard InChI is InChI=1S/C73H126O6/c1-4-7-10-13-16-19-22-25-28-30-31-32-33-34-35-36-37-38-39-40-41-43-45-48-51-54-57-60-63-66-72(75)78-69-70(68-77-71(74)65-62-59-56-53-50-47-44-27-24-21-18-15-12-9-6-3)79-73(76)67-64-61-58-55-52-49-46-42-29-26-23-20-17-14-11-8-5-2/h7,10,16,19,25,27-28,31-32,34-35,37-38,40-41,44,70H,4-6,8-9,11-15,17-18,20-24,26,29-30,33,36,39,42-43,45-69H2,1-3H3/b10-7-,19-16-,28-25-,32-31-,35-34-,38-37-,41-40-,44-27-. The van der Waals surface area contributed by atoms with Crippen LogP contribution in [0.1, 0.15) is 329 Å². The second kappa shape index (κ2) is 66.8. The molecule has 0 spiro atoms. The molecule has 0 bridgehead atoms. The van der Waals surface area contributed by atoms with E-state index < -0.39 is 6.10 Å². The van der Waals surface area contributed by atoms with Gasteiger partial charge in [-0.05, 0) is 103 Å². The van der Waals surface area contributed by atoms with E-state index in [1.807, 2.05) is 0 Å². The highest BCUT2D eigenvalue weighted by Crippen LogP contribution is 2.17. The average molecular weight is 1100 g/mol. The molecule has 79 heavy (non-hydrogen) atoms. The summed E-state index contributed by atoms with van der Waals surface area (Å²) in [5, 5.41) is 0. The van der Waals surface area contributed by atoms with Crippen LogP contribution in [0.3, 0.4) is 0 Å². The van der Waals surface area contributed by atoms with E-state index in [0.717, 1.165) is 116 Å². The van der Waals surface area contributed by atoms with Crippen LogP contribution in [-0.4, -0.2) is 37.2 Å². The van der Waals surface area contributed by atoms with Gasteiger partial charge in [0, 0.05) is 19.3 Å². The number of hydrogen-bond acceptors (Lipinski definition) is 6. The zero-order valence-corrected chi connectivity index (χ0v) is 52.1. The molecule has 0 aromatic carbocycles. The molecular weight excluding hydrogens is 973 g/mol. The normalized spacial score (nSPS) is 12.7. The van der Waals surface area contributed by atoms with Gasteiger partial charge in [-0.25, -0.2) is 0 Å². The molecule has 0 heterocycles. The van der Waals surface area contributed by atoms with Gasteiger partial charge in [-0.1, -0.05) is 304 Å². The first-order chi connectivity index (χ1) is 39.0. The van der Waals surface area contributed by atoms with Gasteiger partial charge in [0.15, 0.2) is 6.10 Å². The maximum atomic E-state index is 12.9. The van der Waals surface area contributed by atoms with E-state index in [1.165, 1.54) is 173 Å². The fraction of sp³-hybridized carbons (Fsp3) is 0.740. The third-order valence-electron chi connectivity index (χ3n) is 14.6. The van der Waals surface area contributed by atoms with Crippen molar-refractivity contribution in [2.75, 3.05) is 13.2 Å². The van der Waals surface area contributed by atoms with Crippen LogP contribution >= 0.6 is 0 Å². The minimum atomic E-state index is -0.785. The van der Waals surface area contributed by atoms with Crippen molar-refractivity contribution in [3.8, 4) is 0 Å². The van der Waals surface area contributed by atoms with Crippen LogP contribution in [-0.2, 0) is 28.6 Å². The van der Waals surface area contributed by atoms with Crippen molar-refractivity contribution in [1.29, 1.82) is 0 Å². The Labute approximate surface area is 489 Å². The molecule has 0 aliphatic heterocycles. The van der Waals surface area contributed by atoms with Crippen LogP contribution in [0.5, 0.6) is 0 Å². The molecule has 6 nitrogen and oxygen atoms in total. The van der Waals surface area contributed by atoms with Crippen molar-refractivity contribution in [1.82, 2.24) is 0 Å². The Bertz CT molecular complexity index is 1540. The fourth-order valence-corrected chi connectivity index (χ4v) is 9.54. The van der Waals surface area contributed by atoms with E-state index in [4.69, 9.17) is 14.2 Å². The van der Waals surface area contributed by atoms with E-state index in [9.17, 15) is 14.4 Å². The minimum Gasteiger partial charge on any atom is -0.462 e. The van der Waals surface area contributed by atoms with Crippen LogP contribution in [0.2, 0.25) is 0 Å². The Morgan fingerprint density at radius 1 is 0.266 bits per heavy atom. The summed E-state index contributed by atoms with van der Waals surface area (Å²) in [5.74, 6) is -0.886. The molecule has 0 radical (unpaired) electrons. The van der Waals surface area contributed by atoms with Crippen molar-refractivity contribution in [2.45, 2.75) is 335 Å². The number of hydrogen-bond donors (Lipinski definition) is 0. The SMILES string of the molecule is CC/C=C\C/C=C\C/C=C\C/C=C\C/C=C\C/C=C\C/C=C\CCCCCCCCCC(=O)OCC(COC(=O)CCCCCCC/C=C\CCCCCCCC)OC(=O)CCCCCCCCCCCCCCCCCCC. The van der Waals surface area contributed by atoms with Gasteiger partial charge in [0.05, 0.1) is 0 Å². The lowest BCUT2D eigenvalue weighted by molar-refractivity contribution is -0.167. The van der Waals surface area contributed by atoms with Crippen LogP contribution in [0, 0.1) is 0 Å². The topological polar surface area (TPSA) is 78.9 Å². The number of ether oxygens (including phenoxy) is 3. The monoisotopic (exact) mass is 1100 g/mol. The van der Waals surface area contributed by atoms with E-state index in [2.05, 4.69) is 118 Å². The largest absolute Gasteiger partial charge is 0.462 e. The summed E-state index contributed by atoms with van der Waals surface area (Å²) in [6.07, 6.45) is 89.9. The molecule has 454 valence electrons. The second-order valence-corrected chi connectivity index (χ2v) is 22.4. The molecule has 0 fully saturated rings. The van der Waals surface area contributed by atoms with Gasteiger partial charge in [0.1, 0.15) is 13.2 Å². The van der Waals surface area contributed by atoms with Crippen molar-refractivity contribution >= 4 is 17.9 Å². The summed E-state index contributed by atoms with van der Waals surface area (Å²) in [4.78, 5) is 38.4. The van der Waals surface area contributed by atoms with Gasteiger partial charge in [0.2, 0.25) is 0 Å². The van der Waals surface area contributed by atoms with Gasteiger partial charge < -0.3 is 14.2 Å². The lowest BCUT2D eigenvalue weighted by Crippen LogP contribution is -2.30. The third kappa shape index (κ3) is 65.0. The zero-order valence-electron chi connectivity index (χ0n) is 52.1. The molecule has 6 heteroatoms. The van der Waals surface area contributed by atoms with E-state index in [0.29, 0.717) is 19.3 Å². The van der Waals surface area contributed by atoms with Crippen molar-refractivity contribution in [3.63, 3.8) is 0 Å². The van der Waals surface area contributed by atoms with E-state index >= 15 is 0 Å². The molecule has 0 aliphatic rings. The third-order valence-corrected chi connectivity index (χ3v) is 14.6. The number of rotatable bonds is 61. The first kappa shape index (κ1) is 75.3. The molecule has 0 amide bonds. The lowest BCUT2D eigenvalue weighted by Gasteiger charge is -2.18. The highest BCUT2D eigenvalue weighted by molar-refractivity contribution is 5.71. The molecular formula is C73H126O6. The number of allylic oxidation sites excluding steroid dienone is 16. The van der Waals surface area contributed by atoms with Crippen LogP contribution in [0.4, 0.5) is 0 Å². The van der Waals surface area contributed by atoms with Crippen molar-refractivity contribution in [2.24, 2.45) is 0 Å². The Morgan fingerprint density at radius 2 is 0.494 bits per heavy atom. The van der Waals surface area contributed by atoms with Crippen molar-refractivity contribution in [3.05, 3.63) is 97.2 Å². The molecule has 0 aliphatic carbocycles. The van der Waals surface area contributed by atoms with Gasteiger partial charge in [0.25, 0.3) is 0 Å². The van der Waals surface area contributed by atoms with Gasteiger partial charge in [-0.2, -0.15) is 0 Å². The molecule has 0 saturated carbocycles. The summed E-state index contributed by atoms with van der Waals surface area (Å²) in [5.41, 5.74) is 0. The Kier molecular flexibility index (Phi) is 63.7. The summed E-state index contributed by atoms with van der Waals surface area (Å²) >= 11 is 0. The predicted molar refractivity (Wildman–Crippen MR) is 344 cm³/mol. The molecule has 0 aromatic rings. The number of unbranched alkanes of at least 4 members (excludes halogenated alkanes) is 34. The molecule has 0 rings (SSSR count). The highest BCUT2D eigenvalue weighted by atomic mass is 16.6. The number of esters is 3. The quantitative estimate of drug-likeness (QED) is 0.0261. The Morgan fingerprint density at radius 3 is 0.785 bits per heavy atom. The maximum Gasteiger partial charge on any atom is 0.306 e. The fourth-order valence-electron chi connectivity index (χ4n) is 9.54. The minimum absolute atomic E-state index is 0.0821. The summed E-state index contributed by atoms with van der Waals surface area (Å²) in [6, 6.07) is 0. The Hall–Kier alpha value is -3.67. The maximum absolute atomic E-state index is 12.9. The number of carbonyl (C=O) groups excluding carboxylic acids is 3. The zero-order chi connectivity index (χ0) is 57.1. The molecule has 1 unspecified atom stereocenters. The number of carbonyl (C=O) groups is 3. The predicted octanol–water partition coefficient (Wildman–Crippen LogP) is 23.2. The summed E-state index contributed by atoms with van der Waals surface area (Å²) in [6.45, 7) is 6.54. The lowest BCUT2D eigenvalue weighted by atomic mass is 10.0. The van der Waals surface area contributed by atoms with Crippen molar-refractivity contribution < 1.29 is 28.6 Å². The van der Waals surface area contributed by atoms with Gasteiger partial charge in [-0.15, -0.1) is 0 Å². The van der Waals surface area contributed by atoms with Gasteiger partial charge >= 0.3 is 17.9 Å². The molecule has 0 N–H and O–H groups in total. The van der Waals surface area contributed by atoms with Gasteiger partial charge in [-0.3, -0.25) is 14.4 Å². The molecule has 0 saturated heterocycles. The van der Waals surface area contributed by atoms with E-state index in [-0.39, 0.29) is 31.1 Å². The van der Waals surface area contributed by atoms with Crippen LogP contribution < -0.4 is 0 Å².